The molecule has 0 saturated carbocycles. The summed E-state index contributed by atoms with van der Waals surface area (Å²) in [4.78, 5) is 0. The molecule has 0 atom stereocenters. The molecule has 0 radical (unpaired) electrons. The molecule has 92 valence electrons. The molecule has 0 fully saturated rings. The maximum absolute atomic E-state index is 13.0. The van der Waals surface area contributed by atoms with Crippen molar-refractivity contribution in [3.63, 3.8) is 0 Å². The van der Waals surface area contributed by atoms with Gasteiger partial charge in [-0.3, -0.25) is 5.43 Å². The summed E-state index contributed by atoms with van der Waals surface area (Å²) in [6.45, 7) is 4.26. The van der Waals surface area contributed by atoms with Crippen molar-refractivity contribution in [2.24, 2.45) is 5.10 Å². The van der Waals surface area contributed by atoms with E-state index in [1.54, 1.807) is 6.92 Å². The molecule has 0 aliphatic rings. The van der Waals surface area contributed by atoms with Crippen molar-refractivity contribution in [3.05, 3.63) is 35.4 Å². The Labute approximate surface area is 104 Å². The Morgan fingerprint density at radius 1 is 1.35 bits per heavy atom. The Balaban J connectivity index is 2.74. The van der Waals surface area contributed by atoms with E-state index in [1.807, 2.05) is 6.92 Å². The van der Waals surface area contributed by atoms with E-state index in [-0.39, 0.29) is 0 Å². The van der Waals surface area contributed by atoms with Gasteiger partial charge >= 0.3 is 0 Å². The molecule has 17 heavy (non-hydrogen) atoms. The second-order valence-electron chi connectivity index (χ2n) is 3.30. The number of hydrogen-bond acceptors (Lipinski definition) is 2. The molecule has 0 aliphatic heterocycles. The third-order valence-corrected chi connectivity index (χ3v) is 2.24. The van der Waals surface area contributed by atoms with E-state index in [0.29, 0.717) is 22.9 Å². The molecule has 1 aromatic rings. The lowest BCUT2D eigenvalue weighted by atomic mass is 10.1. The lowest BCUT2D eigenvalue weighted by molar-refractivity contribution is 0.508. The number of nitrogens with one attached hydrogen (secondary N) is 2. The first kappa shape index (κ1) is 13.5. The molecular weight excluding hydrogens is 244 g/mol. The van der Waals surface area contributed by atoms with Gasteiger partial charge in [0, 0.05) is 12.1 Å². The Hall–Kier alpha value is -1.56. The zero-order valence-corrected chi connectivity index (χ0v) is 10.4. The quantitative estimate of drug-likeness (QED) is 0.495. The van der Waals surface area contributed by atoms with Crippen LogP contribution in [0.4, 0.5) is 8.78 Å². The maximum atomic E-state index is 13.0. The van der Waals surface area contributed by atoms with Gasteiger partial charge in [-0.1, -0.05) is 0 Å². The minimum Gasteiger partial charge on any atom is -0.362 e. The number of hydrogen-bond donors (Lipinski definition) is 2. The number of hydrazone groups is 1. The summed E-state index contributed by atoms with van der Waals surface area (Å²) in [6, 6.07) is 3.60. The minimum atomic E-state index is -0.897. The van der Waals surface area contributed by atoms with E-state index >= 15 is 0 Å². The monoisotopic (exact) mass is 257 g/mol. The molecule has 0 aliphatic carbocycles. The predicted octanol–water partition coefficient (Wildman–Crippen LogP) is 2.17. The van der Waals surface area contributed by atoms with E-state index in [1.165, 1.54) is 6.07 Å². The summed E-state index contributed by atoms with van der Waals surface area (Å²) < 4.78 is 25.7. The first-order chi connectivity index (χ1) is 8.04. The number of nitrogens with zero attached hydrogens (tertiary/aromatic N) is 1. The van der Waals surface area contributed by atoms with Crippen LogP contribution in [-0.2, 0) is 0 Å². The Morgan fingerprint density at radius 2 is 2.06 bits per heavy atom. The van der Waals surface area contributed by atoms with Crippen molar-refractivity contribution in [1.82, 2.24) is 10.7 Å². The van der Waals surface area contributed by atoms with Crippen LogP contribution in [0.3, 0.4) is 0 Å². The second-order valence-corrected chi connectivity index (χ2v) is 3.71. The largest absolute Gasteiger partial charge is 0.362 e. The highest BCUT2D eigenvalue weighted by Gasteiger charge is 2.04. The lowest BCUT2D eigenvalue weighted by Crippen LogP contribution is -2.32. The first-order valence-corrected chi connectivity index (χ1v) is 5.49. The zero-order chi connectivity index (χ0) is 12.8. The van der Waals surface area contributed by atoms with Crippen LogP contribution in [0.5, 0.6) is 0 Å². The highest BCUT2D eigenvalue weighted by atomic mass is 32.1. The van der Waals surface area contributed by atoms with Crippen LogP contribution in [0.2, 0.25) is 0 Å². The molecule has 3 nitrogen and oxygen atoms in total. The number of benzene rings is 1. The molecule has 6 heteroatoms. The molecule has 1 aromatic carbocycles. The van der Waals surface area contributed by atoms with Crippen molar-refractivity contribution in [1.29, 1.82) is 0 Å². The predicted molar refractivity (Wildman–Crippen MR) is 68.0 cm³/mol. The van der Waals surface area contributed by atoms with Gasteiger partial charge in [-0.05, 0) is 44.3 Å². The highest BCUT2D eigenvalue weighted by molar-refractivity contribution is 7.80. The Morgan fingerprint density at radius 3 is 2.65 bits per heavy atom. The number of thiocarbonyl (C=S) groups is 1. The summed E-state index contributed by atoms with van der Waals surface area (Å²) in [6.07, 6.45) is 0. The fourth-order valence-electron chi connectivity index (χ4n) is 1.12. The molecular formula is C11H13F2N3S. The molecule has 2 N–H and O–H groups in total. The van der Waals surface area contributed by atoms with Crippen LogP contribution in [0.15, 0.2) is 23.3 Å². The van der Waals surface area contributed by atoms with E-state index < -0.39 is 11.6 Å². The maximum Gasteiger partial charge on any atom is 0.186 e. The average molecular weight is 257 g/mol. The fourth-order valence-corrected chi connectivity index (χ4v) is 1.31. The topological polar surface area (TPSA) is 36.4 Å². The van der Waals surface area contributed by atoms with Crippen LogP contribution in [-0.4, -0.2) is 17.4 Å². The Kier molecular flexibility index (Phi) is 4.96. The van der Waals surface area contributed by atoms with Gasteiger partial charge in [-0.15, -0.1) is 0 Å². The summed E-state index contributed by atoms with van der Waals surface area (Å²) in [7, 11) is 0. The van der Waals surface area contributed by atoms with Gasteiger partial charge < -0.3 is 5.32 Å². The molecule has 0 unspecified atom stereocenters. The van der Waals surface area contributed by atoms with Gasteiger partial charge in [0.05, 0.1) is 5.71 Å². The Bertz CT molecular complexity index is 446. The molecule has 0 spiro atoms. The molecule has 0 heterocycles. The van der Waals surface area contributed by atoms with Crippen molar-refractivity contribution in [3.8, 4) is 0 Å². The molecule has 1 rings (SSSR count). The zero-order valence-electron chi connectivity index (χ0n) is 9.55. The molecule has 0 amide bonds. The van der Waals surface area contributed by atoms with Crippen LogP contribution < -0.4 is 10.7 Å². The summed E-state index contributed by atoms with van der Waals surface area (Å²) in [5.74, 6) is -1.77. The molecule has 0 saturated heterocycles. The van der Waals surface area contributed by atoms with Gasteiger partial charge in [0.2, 0.25) is 0 Å². The van der Waals surface area contributed by atoms with Gasteiger partial charge in [-0.25, -0.2) is 8.78 Å². The fraction of sp³-hybridized carbons (Fsp3) is 0.273. The van der Waals surface area contributed by atoms with Gasteiger partial charge in [0.25, 0.3) is 0 Å². The van der Waals surface area contributed by atoms with E-state index in [2.05, 4.69) is 15.8 Å². The third-order valence-electron chi connectivity index (χ3n) is 2.00. The van der Waals surface area contributed by atoms with Crippen LogP contribution >= 0.6 is 12.2 Å². The molecule has 0 aromatic heterocycles. The van der Waals surface area contributed by atoms with Gasteiger partial charge in [-0.2, -0.15) is 5.10 Å². The van der Waals surface area contributed by atoms with Crippen LogP contribution in [0, 0.1) is 11.6 Å². The second kappa shape index (κ2) is 6.24. The van der Waals surface area contributed by atoms with Crippen LogP contribution in [0.1, 0.15) is 19.4 Å². The smallest absolute Gasteiger partial charge is 0.186 e. The standard InChI is InChI=1S/C11H13F2N3S/c1-3-14-11(17)16-15-7(2)8-4-5-9(12)10(13)6-8/h4-6H,3H2,1-2H3,(H2,14,16,17)/b15-7-. The van der Waals surface area contributed by atoms with Gasteiger partial charge in [0.1, 0.15) is 0 Å². The number of rotatable bonds is 3. The van der Waals surface area contributed by atoms with E-state index in [0.717, 1.165) is 12.1 Å². The van der Waals surface area contributed by atoms with Crippen LogP contribution in [0.25, 0.3) is 0 Å². The SMILES string of the molecule is CCNC(=S)N/N=C(/C)c1ccc(F)c(F)c1. The highest BCUT2D eigenvalue weighted by Crippen LogP contribution is 2.09. The summed E-state index contributed by atoms with van der Waals surface area (Å²) >= 11 is 4.90. The van der Waals surface area contributed by atoms with Gasteiger partial charge in [0.15, 0.2) is 16.7 Å². The third kappa shape index (κ3) is 4.07. The van der Waals surface area contributed by atoms with Crippen molar-refractivity contribution in [2.75, 3.05) is 6.54 Å². The molecule has 0 bridgehead atoms. The van der Waals surface area contributed by atoms with Crippen molar-refractivity contribution < 1.29 is 8.78 Å². The van der Waals surface area contributed by atoms with E-state index in [9.17, 15) is 8.78 Å². The number of halogens is 2. The first-order valence-electron chi connectivity index (χ1n) is 5.08. The van der Waals surface area contributed by atoms with Crippen molar-refractivity contribution >= 4 is 23.0 Å². The van der Waals surface area contributed by atoms with Crippen molar-refractivity contribution in [2.45, 2.75) is 13.8 Å². The summed E-state index contributed by atoms with van der Waals surface area (Å²) in [5, 5.41) is 7.19. The average Bonchev–Trinajstić information content (AvgIpc) is 2.30. The van der Waals surface area contributed by atoms with E-state index in [4.69, 9.17) is 12.2 Å². The lowest BCUT2D eigenvalue weighted by Gasteiger charge is -2.05. The summed E-state index contributed by atoms with van der Waals surface area (Å²) in [5.41, 5.74) is 3.62. The normalized spacial score (nSPS) is 11.2. The minimum absolute atomic E-state index is 0.384.